The average Bonchev–Trinajstić information content (AvgIpc) is 2.18. The maximum atomic E-state index is 5.84. The molecule has 1 N–H and O–H groups in total. The number of rotatable bonds is 4. The molecule has 1 aromatic carbocycles. The molecule has 0 amide bonds. The number of benzene rings is 1. The molecule has 0 saturated heterocycles. The molecule has 4 heteroatoms. The van der Waals surface area contributed by atoms with Crippen LogP contribution in [-0.4, -0.2) is 13.7 Å². The first kappa shape index (κ1) is 11.5. The summed E-state index contributed by atoms with van der Waals surface area (Å²) >= 11 is 11.6. The molecule has 0 saturated carbocycles. The zero-order valence-electron chi connectivity index (χ0n) is 7.76. The minimum absolute atomic E-state index is 0.511. The van der Waals surface area contributed by atoms with E-state index >= 15 is 0 Å². The van der Waals surface area contributed by atoms with Crippen molar-refractivity contribution < 1.29 is 4.84 Å². The van der Waals surface area contributed by atoms with Crippen molar-refractivity contribution >= 4 is 29.3 Å². The van der Waals surface area contributed by atoms with Crippen LogP contribution in [0.1, 0.15) is 5.56 Å². The molecule has 1 aromatic rings. The molecule has 76 valence electrons. The van der Waals surface area contributed by atoms with E-state index in [0.29, 0.717) is 16.7 Å². The van der Waals surface area contributed by atoms with Gasteiger partial charge in [-0.3, -0.25) is 4.84 Å². The molecular formula is C10H11Cl2NO. The molecule has 0 unspecified atom stereocenters. The fraction of sp³-hybridized carbons (Fsp3) is 0.200. The van der Waals surface area contributed by atoms with Crippen molar-refractivity contribution in [3.8, 4) is 0 Å². The molecule has 0 aliphatic carbocycles. The third-order valence-corrected chi connectivity index (χ3v) is 2.32. The van der Waals surface area contributed by atoms with E-state index < -0.39 is 0 Å². The fourth-order valence-electron chi connectivity index (χ4n) is 0.932. The fourth-order valence-corrected chi connectivity index (χ4v) is 1.24. The summed E-state index contributed by atoms with van der Waals surface area (Å²) in [5.74, 6) is 0. The Kier molecular flexibility index (Phi) is 4.98. The second-order valence-electron chi connectivity index (χ2n) is 2.59. The SMILES string of the molecule is CNOC/C=C/c1ccc(Cl)c(Cl)c1. The normalized spacial score (nSPS) is 11.1. The van der Waals surface area contributed by atoms with Gasteiger partial charge < -0.3 is 0 Å². The smallest absolute Gasteiger partial charge is 0.0866 e. The van der Waals surface area contributed by atoms with Crippen molar-refractivity contribution in [1.82, 2.24) is 5.48 Å². The molecule has 0 radical (unpaired) electrons. The number of hydrogen-bond donors (Lipinski definition) is 1. The van der Waals surface area contributed by atoms with Gasteiger partial charge in [-0.25, -0.2) is 5.48 Å². The minimum Gasteiger partial charge on any atom is -0.298 e. The molecule has 0 aromatic heterocycles. The predicted molar refractivity (Wildman–Crippen MR) is 60.5 cm³/mol. The summed E-state index contributed by atoms with van der Waals surface area (Å²) < 4.78 is 0. The molecule has 0 fully saturated rings. The van der Waals surface area contributed by atoms with Crippen LogP contribution in [0.15, 0.2) is 24.3 Å². The van der Waals surface area contributed by atoms with Crippen molar-refractivity contribution in [2.24, 2.45) is 0 Å². The summed E-state index contributed by atoms with van der Waals surface area (Å²) in [4.78, 5) is 4.91. The van der Waals surface area contributed by atoms with E-state index in [2.05, 4.69) is 5.48 Å². The lowest BCUT2D eigenvalue weighted by atomic mass is 10.2. The second-order valence-corrected chi connectivity index (χ2v) is 3.41. The standard InChI is InChI=1S/C10H11Cl2NO/c1-13-14-6-2-3-8-4-5-9(11)10(12)7-8/h2-5,7,13H,6H2,1H3/b3-2+. The number of hydrogen-bond acceptors (Lipinski definition) is 2. The monoisotopic (exact) mass is 231 g/mol. The van der Waals surface area contributed by atoms with Gasteiger partial charge >= 0.3 is 0 Å². The third kappa shape index (κ3) is 3.68. The molecule has 1 rings (SSSR count). The maximum Gasteiger partial charge on any atom is 0.0866 e. The molecule has 0 aliphatic heterocycles. The molecule has 14 heavy (non-hydrogen) atoms. The van der Waals surface area contributed by atoms with E-state index in [4.69, 9.17) is 28.0 Å². The Morgan fingerprint density at radius 2 is 2.14 bits per heavy atom. The molecular weight excluding hydrogens is 221 g/mol. The van der Waals surface area contributed by atoms with E-state index in [1.165, 1.54) is 0 Å². The topological polar surface area (TPSA) is 21.3 Å². The van der Waals surface area contributed by atoms with Crippen LogP contribution in [-0.2, 0) is 4.84 Å². The Bertz CT molecular complexity index is 326. The second kappa shape index (κ2) is 6.04. The van der Waals surface area contributed by atoms with Gasteiger partial charge in [-0.05, 0) is 17.7 Å². The van der Waals surface area contributed by atoms with Crippen molar-refractivity contribution in [3.63, 3.8) is 0 Å². The van der Waals surface area contributed by atoms with Gasteiger partial charge in [0, 0.05) is 7.05 Å². The van der Waals surface area contributed by atoms with E-state index in [9.17, 15) is 0 Å². The zero-order chi connectivity index (χ0) is 10.4. The maximum absolute atomic E-state index is 5.84. The van der Waals surface area contributed by atoms with Crippen LogP contribution in [0.2, 0.25) is 10.0 Å². The zero-order valence-corrected chi connectivity index (χ0v) is 9.27. The Labute approximate surface area is 93.4 Å². The van der Waals surface area contributed by atoms with Gasteiger partial charge in [-0.15, -0.1) is 0 Å². The van der Waals surface area contributed by atoms with Crippen molar-refractivity contribution in [3.05, 3.63) is 39.9 Å². The highest BCUT2D eigenvalue weighted by atomic mass is 35.5. The summed E-state index contributed by atoms with van der Waals surface area (Å²) in [7, 11) is 1.72. The van der Waals surface area contributed by atoms with Crippen LogP contribution >= 0.6 is 23.2 Å². The van der Waals surface area contributed by atoms with Gasteiger partial charge in [-0.2, -0.15) is 0 Å². The lowest BCUT2D eigenvalue weighted by Gasteiger charge is -1.98. The van der Waals surface area contributed by atoms with Gasteiger partial charge in [0.15, 0.2) is 0 Å². The van der Waals surface area contributed by atoms with Gasteiger partial charge in [-0.1, -0.05) is 41.4 Å². The summed E-state index contributed by atoms with van der Waals surface area (Å²) in [5, 5.41) is 1.12. The van der Waals surface area contributed by atoms with Gasteiger partial charge in [0.1, 0.15) is 0 Å². The Hall–Kier alpha value is -0.540. The molecule has 0 atom stereocenters. The highest BCUT2D eigenvalue weighted by Crippen LogP contribution is 2.22. The van der Waals surface area contributed by atoms with Crippen LogP contribution in [0.5, 0.6) is 0 Å². The Balaban J connectivity index is 2.59. The first-order valence-electron chi connectivity index (χ1n) is 4.14. The van der Waals surface area contributed by atoms with Crippen molar-refractivity contribution in [2.75, 3.05) is 13.7 Å². The summed E-state index contributed by atoms with van der Waals surface area (Å²) in [6.07, 6.45) is 3.80. The minimum atomic E-state index is 0.511. The molecule has 2 nitrogen and oxygen atoms in total. The van der Waals surface area contributed by atoms with Crippen LogP contribution in [0.4, 0.5) is 0 Å². The first-order chi connectivity index (χ1) is 6.74. The number of nitrogens with one attached hydrogen (secondary N) is 1. The largest absolute Gasteiger partial charge is 0.298 e. The highest BCUT2D eigenvalue weighted by molar-refractivity contribution is 6.42. The van der Waals surface area contributed by atoms with Crippen LogP contribution in [0.3, 0.4) is 0 Å². The Morgan fingerprint density at radius 1 is 1.36 bits per heavy atom. The van der Waals surface area contributed by atoms with E-state index in [1.54, 1.807) is 19.2 Å². The number of hydroxylamine groups is 1. The average molecular weight is 232 g/mol. The summed E-state index contributed by atoms with van der Waals surface area (Å²) in [6.45, 7) is 0.511. The van der Waals surface area contributed by atoms with Gasteiger partial charge in [0.2, 0.25) is 0 Å². The quantitative estimate of drug-likeness (QED) is 0.635. The first-order valence-corrected chi connectivity index (χ1v) is 4.89. The lowest BCUT2D eigenvalue weighted by molar-refractivity contribution is 0.0814. The molecule has 0 aliphatic rings. The molecule has 0 bridgehead atoms. The molecule has 0 spiro atoms. The Morgan fingerprint density at radius 3 is 2.79 bits per heavy atom. The lowest BCUT2D eigenvalue weighted by Crippen LogP contribution is -2.06. The van der Waals surface area contributed by atoms with E-state index in [0.717, 1.165) is 5.56 Å². The number of halogens is 2. The van der Waals surface area contributed by atoms with E-state index in [1.807, 2.05) is 18.2 Å². The summed E-state index contributed by atoms with van der Waals surface area (Å²) in [5.41, 5.74) is 3.58. The van der Waals surface area contributed by atoms with Gasteiger partial charge in [0.05, 0.1) is 16.7 Å². The predicted octanol–water partition coefficient (Wildman–Crippen LogP) is 3.16. The van der Waals surface area contributed by atoms with Crippen LogP contribution in [0.25, 0.3) is 6.08 Å². The van der Waals surface area contributed by atoms with E-state index in [-0.39, 0.29) is 0 Å². The third-order valence-electron chi connectivity index (χ3n) is 1.58. The van der Waals surface area contributed by atoms with Crippen LogP contribution < -0.4 is 5.48 Å². The van der Waals surface area contributed by atoms with Crippen molar-refractivity contribution in [2.45, 2.75) is 0 Å². The van der Waals surface area contributed by atoms with Crippen molar-refractivity contribution in [1.29, 1.82) is 0 Å². The molecule has 0 heterocycles. The van der Waals surface area contributed by atoms with Gasteiger partial charge in [0.25, 0.3) is 0 Å². The highest BCUT2D eigenvalue weighted by Gasteiger charge is 1.95. The summed E-state index contributed by atoms with van der Waals surface area (Å²) in [6, 6.07) is 5.46. The van der Waals surface area contributed by atoms with Crippen LogP contribution in [0, 0.1) is 0 Å².